The van der Waals surface area contributed by atoms with E-state index >= 15 is 0 Å². The van der Waals surface area contributed by atoms with E-state index in [0.717, 1.165) is 12.0 Å². The van der Waals surface area contributed by atoms with Crippen LogP contribution in [0.25, 0.3) is 11.3 Å². The van der Waals surface area contributed by atoms with Gasteiger partial charge in [-0.1, -0.05) is 17.7 Å². The van der Waals surface area contributed by atoms with E-state index in [4.69, 9.17) is 17.3 Å². The molecule has 2 heterocycles. The lowest BCUT2D eigenvalue weighted by molar-refractivity contribution is 0.159. The summed E-state index contributed by atoms with van der Waals surface area (Å²) in [6.45, 7) is 0.512. The summed E-state index contributed by atoms with van der Waals surface area (Å²) in [4.78, 5) is 8.72. The molecule has 0 spiro atoms. The highest BCUT2D eigenvalue weighted by Gasteiger charge is 2.30. The maximum absolute atomic E-state index is 12.6. The van der Waals surface area contributed by atoms with Crippen molar-refractivity contribution in [1.29, 1.82) is 0 Å². The third-order valence-corrected chi connectivity index (χ3v) is 6.75. The normalized spacial score (nSPS) is 21.9. The Kier molecular flexibility index (Phi) is 4.67. The van der Waals surface area contributed by atoms with Crippen molar-refractivity contribution < 1.29 is 13.5 Å². The van der Waals surface area contributed by atoms with Crippen LogP contribution >= 0.6 is 11.6 Å². The number of fused-ring (bicyclic) bond motifs is 1. The maximum Gasteiger partial charge on any atom is 0.240 e. The quantitative estimate of drug-likeness (QED) is 0.715. The smallest absolute Gasteiger partial charge is 0.240 e. The minimum Gasteiger partial charge on any atom is -0.391 e. The second-order valence-electron chi connectivity index (χ2n) is 6.77. The van der Waals surface area contributed by atoms with E-state index in [1.165, 1.54) is 12.1 Å². The Bertz CT molecular complexity index is 1040. The Hall–Kier alpha value is -2.00. The van der Waals surface area contributed by atoms with Crippen molar-refractivity contribution in [2.75, 3.05) is 0 Å². The van der Waals surface area contributed by atoms with Crippen LogP contribution in [-0.2, 0) is 16.6 Å². The minimum absolute atomic E-state index is 0.0533. The third kappa shape index (κ3) is 3.45. The largest absolute Gasteiger partial charge is 0.391 e. The summed E-state index contributed by atoms with van der Waals surface area (Å²) >= 11 is 6.36. The molecule has 2 aliphatic rings. The van der Waals surface area contributed by atoms with Crippen LogP contribution in [0, 0.1) is 0 Å². The van der Waals surface area contributed by atoms with Crippen LogP contribution in [0.3, 0.4) is 0 Å². The fourth-order valence-electron chi connectivity index (χ4n) is 3.45. The molecule has 1 aromatic carbocycles. The summed E-state index contributed by atoms with van der Waals surface area (Å²) in [5, 5.41) is 10.1. The summed E-state index contributed by atoms with van der Waals surface area (Å²) < 4.78 is 27.8. The molecule has 0 saturated heterocycles. The maximum atomic E-state index is 12.6. The molecule has 9 heteroatoms. The molecule has 7 nitrogen and oxygen atoms in total. The summed E-state index contributed by atoms with van der Waals surface area (Å²) in [5.41, 5.74) is 8.64. The first-order valence-electron chi connectivity index (χ1n) is 8.66. The number of hydrogen-bond acceptors (Lipinski definition) is 6. The van der Waals surface area contributed by atoms with E-state index in [0.29, 0.717) is 42.2 Å². The second-order valence-corrected chi connectivity index (χ2v) is 8.89. The Morgan fingerprint density at radius 1 is 1.22 bits per heavy atom. The molecule has 1 aromatic heterocycles. The standard InChI is InChI=1S/C18H19ClN4O3S/c19-13-8-11(27(25,26)23-15-2-1-3-16(15)24)5-6-12(13)14-7-4-10-9-21-18(20)17(10)22-14/h4-8,15-16,23-24H,1-3,9H2,(H2,20,21)/t15-,16+/m0/s1. The van der Waals surface area contributed by atoms with Crippen molar-refractivity contribution in [3.05, 3.63) is 46.6 Å². The average molecular weight is 407 g/mol. The van der Waals surface area contributed by atoms with E-state index in [-0.39, 0.29) is 9.92 Å². The van der Waals surface area contributed by atoms with Crippen LogP contribution in [0.15, 0.2) is 40.2 Å². The summed E-state index contributed by atoms with van der Waals surface area (Å²) in [6.07, 6.45) is 1.36. The number of amidine groups is 1. The number of halogens is 1. The summed E-state index contributed by atoms with van der Waals surface area (Å²) in [5.74, 6) is 0.390. The molecule has 0 radical (unpaired) electrons. The number of hydrogen-bond donors (Lipinski definition) is 3. The second kappa shape index (κ2) is 6.87. The van der Waals surface area contributed by atoms with Gasteiger partial charge in [0.25, 0.3) is 0 Å². The molecule has 2 aromatic rings. The minimum atomic E-state index is -3.77. The summed E-state index contributed by atoms with van der Waals surface area (Å²) in [7, 11) is -3.77. The molecule has 1 saturated carbocycles. The molecular weight excluding hydrogens is 388 g/mol. The third-order valence-electron chi connectivity index (χ3n) is 4.95. The van der Waals surface area contributed by atoms with Crippen LogP contribution in [-0.4, -0.2) is 36.5 Å². The van der Waals surface area contributed by atoms with Gasteiger partial charge in [-0.15, -0.1) is 0 Å². The molecule has 0 bridgehead atoms. The monoisotopic (exact) mass is 406 g/mol. The van der Waals surface area contributed by atoms with Gasteiger partial charge in [0.1, 0.15) is 11.5 Å². The van der Waals surface area contributed by atoms with Gasteiger partial charge in [-0.25, -0.2) is 18.1 Å². The lowest BCUT2D eigenvalue weighted by Gasteiger charge is -2.17. The summed E-state index contributed by atoms with van der Waals surface area (Å²) in [6, 6.07) is 7.75. The zero-order valence-corrected chi connectivity index (χ0v) is 16.0. The Labute approximate surface area is 162 Å². The fraction of sp³-hybridized carbons (Fsp3) is 0.333. The van der Waals surface area contributed by atoms with Gasteiger partial charge in [-0.2, -0.15) is 0 Å². The predicted molar refractivity (Wildman–Crippen MR) is 103 cm³/mol. The van der Waals surface area contributed by atoms with Crippen LogP contribution in [0.5, 0.6) is 0 Å². The highest BCUT2D eigenvalue weighted by atomic mass is 35.5. The van der Waals surface area contributed by atoms with E-state index in [1.54, 1.807) is 6.07 Å². The number of rotatable bonds is 4. The number of aromatic nitrogens is 1. The highest BCUT2D eigenvalue weighted by Crippen LogP contribution is 2.31. The molecule has 4 N–H and O–H groups in total. The first-order chi connectivity index (χ1) is 12.8. The van der Waals surface area contributed by atoms with Crippen molar-refractivity contribution in [3.8, 4) is 11.3 Å². The number of nitrogens with zero attached hydrogens (tertiary/aromatic N) is 2. The SMILES string of the molecule is NC1=NCc2ccc(-c3ccc(S(=O)(=O)N[C@H]4CCC[C@H]4O)cc3Cl)nc21. The molecule has 0 unspecified atom stereocenters. The fourth-order valence-corrected chi connectivity index (χ4v) is 5.12. The molecule has 27 heavy (non-hydrogen) atoms. The number of aliphatic hydroxyl groups excluding tert-OH is 1. The molecular formula is C18H19ClN4O3S. The molecule has 4 rings (SSSR count). The Morgan fingerprint density at radius 3 is 2.74 bits per heavy atom. The average Bonchev–Trinajstić information content (AvgIpc) is 3.20. The lowest BCUT2D eigenvalue weighted by Crippen LogP contribution is -2.39. The van der Waals surface area contributed by atoms with Crippen LogP contribution in [0.2, 0.25) is 5.02 Å². The van der Waals surface area contributed by atoms with Crippen molar-refractivity contribution >= 4 is 27.5 Å². The highest BCUT2D eigenvalue weighted by molar-refractivity contribution is 7.89. The molecule has 142 valence electrons. The van der Waals surface area contributed by atoms with Crippen molar-refractivity contribution in [1.82, 2.24) is 9.71 Å². The van der Waals surface area contributed by atoms with E-state index in [1.807, 2.05) is 12.1 Å². The van der Waals surface area contributed by atoms with Crippen LogP contribution < -0.4 is 10.5 Å². The van der Waals surface area contributed by atoms with Gasteiger partial charge >= 0.3 is 0 Å². The van der Waals surface area contributed by atoms with E-state index in [2.05, 4.69) is 14.7 Å². The number of sulfonamides is 1. The van der Waals surface area contributed by atoms with Crippen LogP contribution in [0.4, 0.5) is 0 Å². The number of pyridine rings is 1. The van der Waals surface area contributed by atoms with Gasteiger partial charge in [0.15, 0.2) is 0 Å². The van der Waals surface area contributed by atoms with Crippen LogP contribution in [0.1, 0.15) is 30.5 Å². The van der Waals surface area contributed by atoms with Gasteiger partial charge in [-0.05, 0) is 43.5 Å². The predicted octanol–water partition coefficient (Wildman–Crippen LogP) is 1.81. The van der Waals surface area contributed by atoms with E-state index in [9.17, 15) is 13.5 Å². The van der Waals surface area contributed by atoms with Gasteiger partial charge < -0.3 is 10.8 Å². The molecule has 1 aliphatic carbocycles. The molecule has 1 aliphatic heterocycles. The van der Waals surface area contributed by atoms with Gasteiger partial charge in [0.05, 0.1) is 28.3 Å². The molecule has 2 atom stereocenters. The van der Waals surface area contributed by atoms with Crippen molar-refractivity contribution in [3.63, 3.8) is 0 Å². The number of nitrogens with two attached hydrogens (primary N) is 1. The topological polar surface area (TPSA) is 118 Å². The van der Waals surface area contributed by atoms with Gasteiger partial charge in [0, 0.05) is 17.2 Å². The number of benzene rings is 1. The van der Waals surface area contributed by atoms with Crippen molar-refractivity contribution in [2.45, 2.75) is 42.8 Å². The van der Waals surface area contributed by atoms with Gasteiger partial charge in [-0.3, -0.25) is 4.99 Å². The molecule has 1 fully saturated rings. The zero-order valence-electron chi connectivity index (χ0n) is 14.4. The number of aliphatic hydroxyl groups is 1. The zero-order chi connectivity index (χ0) is 19.2. The number of aliphatic imine (C=N–C) groups is 1. The first kappa shape index (κ1) is 18.4. The van der Waals surface area contributed by atoms with E-state index < -0.39 is 22.2 Å². The lowest BCUT2D eigenvalue weighted by atomic mass is 10.1. The Balaban J connectivity index is 1.63. The van der Waals surface area contributed by atoms with Gasteiger partial charge in [0.2, 0.25) is 10.0 Å². The Morgan fingerprint density at radius 2 is 2.04 bits per heavy atom. The number of nitrogens with one attached hydrogen (secondary N) is 1. The molecule has 0 amide bonds. The van der Waals surface area contributed by atoms with Crippen molar-refractivity contribution in [2.24, 2.45) is 10.7 Å². The first-order valence-corrected chi connectivity index (χ1v) is 10.5.